The van der Waals surface area contributed by atoms with Crippen LogP contribution in [0, 0.1) is 0 Å². The van der Waals surface area contributed by atoms with E-state index in [1.54, 1.807) is 10.4 Å². The Bertz CT molecular complexity index is 1210. The molecule has 2 heterocycles. The molecule has 2 aliphatic rings. The van der Waals surface area contributed by atoms with Gasteiger partial charge in [-0.05, 0) is 36.9 Å². The van der Waals surface area contributed by atoms with Crippen LogP contribution in [0.4, 0.5) is 5.69 Å². The van der Waals surface area contributed by atoms with Gasteiger partial charge in [0.05, 0.1) is 10.4 Å². The van der Waals surface area contributed by atoms with E-state index in [0.29, 0.717) is 11.4 Å². The largest absolute Gasteiger partial charge is 0.368 e. The molecule has 5 nitrogen and oxygen atoms in total. The van der Waals surface area contributed by atoms with Gasteiger partial charge in [0.15, 0.2) is 0 Å². The molecule has 0 unspecified atom stereocenters. The molecule has 162 valence electrons. The number of nitrogens with zero attached hydrogens (tertiary/aromatic N) is 3. The highest BCUT2D eigenvalue weighted by Gasteiger charge is 2.47. The van der Waals surface area contributed by atoms with Gasteiger partial charge in [-0.2, -0.15) is 4.31 Å². The van der Waals surface area contributed by atoms with Gasteiger partial charge in [-0.3, -0.25) is 4.90 Å². The predicted octanol–water partition coefficient (Wildman–Crippen LogP) is 3.90. The number of anilines is 1. The van der Waals surface area contributed by atoms with Crippen molar-refractivity contribution in [1.29, 1.82) is 0 Å². The Morgan fingerprint density at radius 1 is 0.806 bits per heavy atom. The third-order valence-corrected chi connectivity index (χ3v) is 8.97. The van der Waals surface area contributed by atoms with E-state index in [2.05, 4.69) is 52.3 Å². The first-order valence-corrected chi connectivity index (χ1v) is 12.4. The van der Waals surface area contributed by atoms with E-state index in [9.17, 15) is 8.42 Å². The zero-order chi connectivity index (χ0) is 21.6. The van der Waals surface area contributed by atoms with Gasteiger partial charge >= 0.3 is 0 Å². The van der Waals surface area contributed by atoms with Crippen LogP contribution in [0.2, 0.25) is 0 Å². The summed E-state index contributed by atoms with van der Waals surface area (Å²) in [6.07, 6.45) is 0. The average Bonchev–Trinajstić information content (AvgIpc) is 2.94. The van der Waals surface area contributed by atoms with Gasteiger partial charge in [0, 0.05) is 50.3 Å². The van der Waals surface area contributed by atoms with E-state index in [4.69, 9.17) is 0 Å². The molecule has 0 aliphatic carbocycles. The monoisotopic (exact) mass is 435 g/mol. The van der Waals surface area contributed by atoms with Gasteiger partial charge in [0.2, 0.25) is 10.0 Å². The fraction of sp³-hybridized carbons (Fsp3) is 0.360. The fourth-order valence-corrected chi connectivity index (χ4v) is 7.18. The van der Waals surface area contributed by atoms with Crippen LogP contribution in [-0.2, 0) is 15.6 Å². The molecule has 0 saturated carbocycles. The lowest BCUT2D eigenvalue weighted by molar-refractivity contribution is 0.189. The lowest BCUT2D eigenvalue weighted by Crippen LogP contribution is -2.50. The number of fused-ring (bicyclic) bond motifs is 2. The maximum atomic E-state index is 13.1. The molecule has 31 heavy (non-hydrogen) atoms. The first kappa shape index (κ1) is 20.5. The Hall–Kier alpha value is -2.41. The molecule has 2 aliphatic heterocycles. The van der Waals surface area contributed by atoms with Crippen molar-refractivity contribution in [2.45, 2.75) is 24.3 Å². The summed E-state index contributed by atoms with van der Waals surface area (Å²) < 4.78 is 27.9. The molecule has 0 amide bonds. The topological polar surface area (TPSA) is 43.9 Å². The second-order valence-electron chi connectivity index (χ2n) is 8.96. The summed E-state index contributed by atoms with van der Waals surface area (Å²) >= 11 is 0. The second-order valence-corrected chi connectivity index (χ2v) is 10.8. The maximum Gasteiger partial charge on any atom is 0.244 e. The predicted molar refractivity (Wildman–Crippen MR) is 126 cm³/mol. The van der Waals surface area contributed by atoms with E-state index in [-0.39, 0.29) is 0 Å². The van der Waals surface area contributed by atoms with E-state index >= 15 is 0 Å². The van der Waals surface area contributed by atoms with Gasteiger partial charge in [-0.15, -0.1) is 0 Å². The zero-order valence-electron chi connectivity index (χ0n) is 18.2. The maximum absolute atomic E-state index is 13.1. The van der Waals surface area contributed by atoms with E-state index in [0.717, 1.165) is 38.3 Å². The summed E-state index contributed by atoms with van der Waals surface area (Å²) in [5, 5.41) is 2.56. The highest BCUT2D eigenvalue weighted by Crippen LogP contribution is 2.43. The molecule has 0 atom stereocenters. The Labute approximate surface area is 184 Å². The minimum atomic E-state index is -3.44. The number of hydrogen-bond acceptors (Lipinski definition) is 4. The van der Waals surface area contributed by atoms with Crippen LogP contribution < -0.4 is 4.90 Å². The Balaban J connectivity index is 1.26. The van der Waals surface area contributed by atoms with Crippen LogP contribution in [0.1, 0.15) is 19.4 Å². The molecule has 3 aromatic carbocycles. The first-order valence-electron chi connectivity index (χ1n) is 11.0. The van der Waals surface area contributed by atoms with Crippen LogP contribution in [0.15, 0.2) is 71.6 Å². The molecule has 0 N–H and O–H groups in total. The lowest BCUT2D eigenvalue weighted by Gasteiger charge is -2.38. The standard InChI is InChI=1S/C25H29N3O2S/c1-25(2)22-11-5-6-13-24(22)31(29,30)28(25)19-16-26-14-17-27(18-15-26)23-12-7-9-20-8-3-4-10-21(20)23/h3-13H,14-19H2,1-2H3. The van der Waals surface area contributed by atoms with Crippen LogP contribution >= 0.6 is 0 Å². The van der Waals surface area contributed by atoms with E-state index < -0.39 is 15.6 Å². The van der Waals surface area contributed by atoms with Crippen molar-refractivity contribution in [3.63, 3.8) is 0 Å². The first-order chi connectivity index (χ1) is 14.9. The van der Waals surface area contributed by atoms with Gasteiger partial charge in [0.1, 0.15) is 0 Å². The SMILES string of the molecule is CC1(C)c2ccccc2S(=O)(=O)N1CCN1CCN(c2cccc3ccccc23)CC1. The van der Waals surface area contributed by atoms with Crippen LogP contribution in [0.25, 0.3) is 10.8 Å². The second kappa shape index (κ2) is 7.62. The molecule has 6 heteroatoms. The summed E-state index contributed by atoms with van der Waals surface area (Å²) in [7, 11) is -3.44. The molecule has 0 spiro atoms. The summed E-state index contributed by atoms with van der Waals surface area (Å²) in [4.78, 5) is 5.29. The molecule has 0 radical (unpaired) electrons. The smallest absolute Gasteiger partial charge is 0.244 e. The minimum absolute atomic E-state index is 0.459. The highest BCUT2D eigenvalue weighted by atomic mass is 32.2. The van der Waals surface area contributed by atoms with E-state index in [1.165, 1.54) is 16.5 Å². The van der Waals surface area contributed by atoms with E-state index in [1.807, 2.05) is 32.0 Å². The summed E-state index contributed by atoms with van der Waals surface area (Å²) in [6, 6.07) is 22.4. The molecule has 0 aromatic heterocycles. The average molecular weight is 436 g/mol. The number of benzene rings is 3. The zero-order valence-corrected chi connectivity index (χ0v) is 19.0. The molecule has 1 saturated heterocycles. The van der Waals surface area contributed by atoms with Crippen LogP contribution in [-0.4, -0.2) is 56.9 Å². The van der Waals surface area contributed by atoms with Crippen molar-refractivity contribution >= 4 is 26.5 Å². The van der Waals surface area contributed by atoms with Crippen molar-refractivity contribution < 1.29 is 8.42 Å². The van der Waals surface area contributed by atoms with Crippen molar-refractivity contribution in [2.75, 3.05) is 44.2 Å². The fourth-order valence-electron chi connectivity index (χ4n) is 5.08. The highest BCUT2D eigenvalue weighted by molar-refractivity contribution is 7.89. The van der Waals surface area contributed by atoms with Crippen molar-refractivity contribution in [3.05, 3.63) is 72.3 Å². The quantitative estimate of drug-likeness (QED) is 0.623. The molecular formula is C25H29N3O2S. The molecular weight excluding hydrogens is 406 g/mol. The number of rotatable bonds is 4. The summed E-state index contributed by atoms with van der Waals surface area (Å²) in [5.74, 6) is 0. The van der Waals surface area contributed by atoms with Gasteiger partial charge in [-0.25, -0.2) is 8.42 Å². The van der Waals surface area contributed by atoms with Crippen LogP contribution in [0.3, 0.4) is 0 Å². The van der Waals surface area contributed by atoms with Crippen molar-refractivity contribution in [3.8, 4) is 0 Å². The third kappa shape index (κ3) is 3.43. The number of hydrogen-bond donors (Lipinski definition) is 0. The molecule has 1 fully saturated rings. The number of sulfonamides is 1. The lowest BCUT2D eigenvalue weighted by atomic mass is 9.94. The van der Waals surface area contributed by atoms with Crippen molar-refractivity contribution in [1.82, 2.24) is 9.21 Å². The molecule has 0 bridgehead atoms. The Morgan fingerprint density at radius 2 is 1.48 bits per heavy atom. The Kier molecular flexibility index (Phi) is 5.04. The normalized spacial score (nSPS) is 20.8. The number of piperazine rings is 1. The van der Waals surface area contributed by atoms with Gasteiger partial charge in [-0.1, -0.05) is 54.6 Å². The van der Waals surface area contributed by atoms with Gasteiger partial charge in [0.25, 0.3) is 0 Å². The van der Waals surface area contributed by atoms with Gasteiger partial charge < -0.3 is 4.90 Å². The van der Waals surface area contributed by atoms with Crippen LogP contribution in [0.5, 0.6) is 0 Å². The summed E-state index contributed by atoms with van der Waals surface area (Å²) in [6.45, 7) is 9.05. The Morgan fingerprint density at radius 3 is 2.26 bits per heavy atom. The van der Waals surface area contributed by atoms with Crippen molar-refractivity contribution in [2.24, 2.45) is 0 Å². The minimum Gasteiger partial charge on any atom is -0.368 e. The summed E-state index contributed by atoms with van der Waals surface area (Å²) in [5.41, 5.74) is 1.67. The third-order valence-electron chi connectivity index (χ3n) is 6.84. The molecule has 3 aromatic rings. The molecule has 5 rings (SSSR count).